The number of halogens is 1. The number of esters is 1. The number of carbonyl (C=O) groups is 3. The van der Waals surface area contributed by atoms with Crippen molar-refractivity contribution in [2.75, 3.05) is 25.5 Å². The fraction of sp³-hybridized carbons (Fsp3) is 0.471. The van der Waals surface area contributed by atoms with Crippen LogP contribution in [0.2, 0.25) is 5.02 Å². The van der Waals surface area contributed by atoms with E-state index in [1.807, 2.05) is 13.8 Å². The van der Waals surface area contributed by atoms with Crippen molar-refractivity contribution in [1.29, 1.82) is 0 Å². The molecule has 1 aromatic carbocycles. The highest BCUT2D eigenvalue weighted by Crippen LogP contribution is 2.27. The second-order valence-corrected chi connectivity index (χ2v) is 6.15. The van der Waals surface area contributed by atoms with Gasteiger partial charge in [0, 0.05) is 13.1 Å². The number of amides is 2. The first-order valence-electron chi connectivity index (χ1n) is 7.67. The van der Waals surface area contributed by atoms with Crippen LogP contribution in [-0.2, 0) is 14.3 Å². The quantitative estimate of drug-likeness (QED) is 0.629. The standard InChI is InChI=1S/C17H23ClN2O4/c1-6-20(7-2)16(23)17(3,4)15(22)19-13-10-11(14(21)24-5)8-9-12(13)18/h8-10H,6-7H2,1-5H3,(H,19,22). The Balaban J connectivity index is 3.05. The van der Waals surface area contributed by atoms with Crippen molar-refractivity contribution in [3.05, 3.63) is 28.8 Å². The van der Waals surface area contributed by atoms with E-state index in [1.165, 1.54) is 25.3 Å². The van der Waals surface area contributed by atoms with Crippen molar-refractivity contribution in [3.63, 3.8) is 0 Å². The summed E-state index contributed by atoms with van der Waals surface area (Å²) >= 11 is 6.07. The van der Waals surface area contributed by atoms with Crippen LogP contribution in [0.25, 0.3) is 0 Å². The number of nitrogens with zero attached hydrogens (tertiary/aromatic N) is 1. The van der Waals surface area contributed by atoms with Crippen LogP contribution in [0.4, 0.5) is 5.69 Å². The fourth-order valence-electron chi connectivity index (χ4n) is 2.15. The third-order valence-corrected chi connectivity index (χ3v) is 4.12. The van der Waals surface area contributed by atoms with E-state index in [0.717, 1.165) is 0 Å². The SMILES string of the molecule is CCN(CC)C(=O)C(C)(C)C(=O)Nc1cc(C(=O)OC)ccc1Cl. The summed E-state index contributed by atoms with van der Waals surface area (Å²) in [5, 5.41) is 2.89. The molecule has 1 N–H and O–H groups in total. The average molecular weight is 355 g/mol. The van der Waals surface area contributed by atoms with Gasteiger partial charge in [0.25, 0.3) is 0 Å². The number of benzene rings is 1. The van der Waals surface area contributed by atoms with Crippen LogP contribution < -0.4 is 5.32 Å². The molecule has 0 bridgehead atoms. The fourth-order valence-corrected chi connectivity index (χ4v) is 2.31. The lowest BCUT2D eigenvalue weighted by Crippen LogP contribution is -2.47. The molecule has 0 radical (unpaired) electrons. The van der Waals surface area contributed by atoms with E-state index < -0.39 is 17.3 Å². The highest BCUT2D eigenvalue weighted by molar-refractivity contribution is 6.34. The molecule has 0 saturated carbocycles. The smallest absolute Gasteiger partial charge is 0.337 e. The maximum Gasteiger partial charge on any atom is 0.337 e. The number of hydrogen-bond donors (Lipinski definition) is 1. The molecule has 2 amide bonds. The van der Waals surface area contributed by atoms with Crippen LogP contribution in [0.5, 0.6) is 0 Å². The second-order valence-electron chi connectivity index (χ2n) is 5.74. The van der Waals surface area contributed by atoms with Gasteiger partial charge in [-0.1, -0.05) is 11.6 Å². The molecule has 0 spiro atoms. The Morgan fingerprint density at radius 1 is 1.21 bits per heavy atom. The van der Waals surface area contributed by atoms with E-state index in [1.54, 1.807) is 18.7 Å². The zero-order valence-electron chi connectivity index (χ0n) is 14.6. The van der Waals surface area contributed by atoms with Crippen LogP contribution >= 0.6 is 11.6 Å². The lowest BCUT2D eigenvalue weighted by atomic mass is 9.90. The molecule has 7 heteroatoms. The van der Waals surface area contributed by atoms with Gasteiger partial charge < -0.3 is 15.0 Å². The number of ether oxygens (including phenoxy) is 1. The first-order valence-corrected chi connectivity index (χ1v) is 8.05. The predicted octanol–water partition coefficient (Wildman–Crippen LogP) is 2.96. The molecule has 6 nitrogen and oxygen atoms in total. The summed E-state index contributed by atoms with van der Waals surface area (Å²) in [6.07, 6.45) is 0. The summed E-state index contributed by atoms with van der Waals surface area (Å²) in [5.74, 6) is -1.31. The van der Waals surface area contributed by atoms with Gasteiger partial charge in [0.15, 0.2) is 0 Å². The van der Waals surface area contributed by atoms with E-state index in [0.29, 0.717) is 13.1 Å². The number of rotatable bonds is 6. The van der Waals surface area contributed by atoms with Crippen LogP contribution in [-0.4, -0.2) is 42.9 Å². The monoisotopic (exact) mass is 354 g/mol. The summed E-state index contributed by atoms with van der Waals surface area (Å²) in [6.45, 7) is 7.86. The third kappa shape index (κ3) is 4.26. The Kier molecular flexibility index (Phi) is 6.78. The Morgan fingerprint density at radius 3 is 2.29 bits per heavy atom. The highest BCUT2D eigenvalue weighted by atomic mass is 35.5. The summed E-state index contributed by atoms with van der Waals surface area (Å²) in [7, 11) is 1.26. The minimum atomic E-state index is -1.27. The van der Waals surface area contributed by atoms with Gasteiger partial charge in [-0.3, -0.25) is 9.59 Å². The van der Waals surface area contributed by atoms with Crippen molar-refractivity contribution < 1.29 is 19.1 Å². The minimum absolute atomic E-state index is 0.255. The number of methoxy groups -OCH3 is 1. The lowest BCUT2D eigenvalue weighted by Gasteiger charge is -2.29. The minimum Gasteiger partial charge on any atom is -0.465 e. The molecule has 0 aliphatic rings. The van der Waals surface area contributed by atoms with Gasteiger partial charge in [-0.05, 0) is 45.9 Å². The van der Waals surface area contributed by atoms with Crippen molar-refractivity contribution in [1.82, 2.24) is 4.90 Å². The van der Waals surface area contributed by atoms with Crippen LogP contribution in [0.3, 0.4) is 0 Å². The zero-order chi connectivity index (χ0) is 18.5. The summed E-state index contributed by atoms with van der Waals surface area (Å²) in [5.41, 5.74) is -0.758. The van der Waals surface area contributed by atoms with Gasteiger partial charge in [0.2, 0.25) is 11.8 Å². The summed E-state index contributed by atoms with van der Waals surface area (Å²) in [4.78, 5) is 38.3. The van der Waals surface area contributed by atoms with E-state index in [9.17, 15) is 14.4 Å². The molecule has 0 unspecified atom stereocenters. The Hall–Kier alpha value is -2.08. The lowest BCUT2D eigenvalue weighted by molar-refractivity contribution is -0.146. The topological polar surface area (TPSA) is 75.7 Å². The number of nitrogens with one attached hydrogen (secondary N) is 1. The zero-order valence-corrected chi connectivity index (χ0v) is 15.4. The third-order valence-electron chi connectivity index (χ3n) is 3.79. The molecule has 1 aromatic rings. The van der Waals surface area contributed by atoms with Crippen LogP contribution in [0.15, 0.2) is 18.2 Å². The van der Waals surface area contributed by atoms with E-state index in [4.69, 9.17) is 11.6 Å². The molecule has 0 aliphatic heterocycles. The van der Waals surface area contributed by atoms with Gasteiger partial charge >= 0.3 is 5.97 Å². The number of hydrogen-bond acceptors (Lipinski definition) is 4. The number of anilines is 1. The molecular formula is C17H23ClN2O4. The molecule has 0 aliphatic carbocycles. The van der Waals surface area contributed by atoms with Gasteiger partial charge in [-0.2, -0.15) is 0 Å². The molecule has 0 aromatic heterocycles. The van der Waals surface area contributed by atoms with Crippen molar-refractivity contribution in [2.24, 2.45) is 5.41 Å². The Morgan fingerprint density at radius 2 is 1.79 bits per heavy atom. The van der Waals surface area contributed by atoms with Crippen LogP contribution in [0.1, 0.15) is 38.1 Å². The van der Waals surface area contributed by atoms with Crippen molar-refractivity contribution >= 4 is 35.1 Å². The van der Waals surface area contributed by atoms with Crippen molar-refractivity contribution in [2.45, 2.75) is 27.7 Å². The predicted molar refractivity (Wildman–Crippen MR) is 93.1 cm³/mol. The first-order chi connectivity index (χ1) is 11.2. The molecule has 132 valence electrons. The molecule has 1 rings (SSSR count). The van der Waals surface area contributed by atoms with Crippen LogP contribution in [0, 0.1) is 5.41 Å². The molecule has 0 atom stereocenters. The van der Waals surface area contributed by atoms with Gasteiger partial charge in [0.1, 0.15) is 5.41 Å². The largest absolute Gasteiger partial charge is 0.465 e. The maximum absolute atomic E-state index is 12.6. The molecule has 0 saturated heterocycles. The average Bonchev–Trinajstić information content (AvgIpc) is 2.56. The molecule has 0 heterocycles. The Labute approximate surface area is 147 Å². The van der Waals surface area contributed by atoms with Gasteiger partial charge in [-0.25, -0.2) is 4.79 Å². The maximum atomic E-state index is 12.6. The number of carbonyl (C=O) groups excluding carboxylic acids is 3. The van der Waals surface area contributed by atoms with Gasteiger partial charge in [0.05, 0.1) is 23.4 Å². The first kappa shape index (κ1) is 20.0. The Bertz CT molecular complexity index is 639. The molecule has 0 fully saturated rings. The summed E-state index contributed by atoms with van der Waals surface area (Å²) < 4.78 is 4.65. The van der Waals surface area contributed by atoms with Crippen molar-refractivity contribution in [3.8, 4) is 0 Å². The molecular weight excluding hydrogens is 332 g/mol. The van der Waals surface area contributed by atoms with Gasteiger partial charge in [-0.15, -0.1) is 0 Å². The van der Waals surface area contributed by atoms with E-state index in [2.05, 4.69) is 10.1 Å². The van der Waals surface area contributed by atoms with E-state index >= 15 is 0 Å². The highest BCUT2D eigenvalue weighted by Gasteiger charge is 2.38. The second kappa shape index (κ2) is 8.15. The van der Waals surface area contributed by atoms with E-state index in [-0.39, 0.29) is 22.2 Å². The summed E-state index contributed by atoms with van der Waals surface area (Å²) in [6, 6.07) is 4.41. The normalized spacial score (nSPS) is 10.9. The molecule has 24 heavy (non-hydrogen) atoms.